The van der Waals surface area contributed by atoms with Crippen LogP contribution >= 0.6 is 27.7 Å². The number of benzene rings is 1. The molecule has 0 atom stereocenters. The van der Waals surface area contributed by atoms with Crippen molar-refractivity contribution < 1.29 is 0 Å². The van der Waals surface area contributed by atoms with Crippen LogP contribution in [0.3, 0.4) is 0 Å². The second kappa shape index (κ2) is 7.56. The van der Waals surface area contributed by atoms with E-state index >= 15 is 0 Å². The Morgan fingerprint density at radius 1 is 1.33 bits per heavy atom. The van der Waals surface area contributed by atoms with Gasteiger partial charge in [0.1, 0.15) is 0 Å². The molecule has 1 aromatic carbocycles. The Kier molecular flexibility index (Phi) is 6.06. The summed E-state index contributed by atoms with van der Waals surface area (Å²) >= 11 is 5.66. The maximum Gasteiger partial charge on any atom is 0.0314 e. The normalized spacial score (nSPS) is 15.0. The highest BCUT2D eigenvalue weighted by Gasteiger charge is 2.19. The van der Waals surface area contributed by atoms with E-state index in [0.717, 1.165) is 12.6 Å². The molecule has 0 saturated heterocycles. The van der Waals surface area contributed by atoms with Crippen LogP contribution in [0.5, 0.6) is 0 Å². The molecule has 100 valence electrons. The number of nitrogens with one attached hydrogen (secondary N) is 1. The maximum absolute atomic E-state index is 3.69. The molecule has 1 fully saturated rings. The molecule has 0 aromatic heterocycles. The molecule has 1 nitrogen and oxygen atoms in total. The molecule has 2 rings (SSSR count). The summed E-state index contributed by atoms with van der Waals surface area (Å²) in [6, 6.07) is 7.55. The van der Waals surface area contributed by atoms with E-state index in [4.69, 9.17) is 0 Å². The zero-order valence-electron chi connectivity index (χ0n) is 11.0. The predicted molar refractivity (Wildman–Crippen MR) is 84.3 cm³/mol. The van der Waals surface area contributed by atoms with Crippen LogP contribution in [-0.4, -0.2) is 11.8 Å². The van der Waals surface area contributed by atoms with E-state index in [9.17, 15) is 0 Å². The fraction of sp³-hybridized carbons (Fsp3) is 0.600. The zero-order valence-corrected chi connectivity index (χ0v) is 13.4. The van der Waals surface area contributed by atoms with Crippen molar-refractivity contribution in [1.82, 2.24) is 5.32 Å². The van der Waals surface area contributed by atoms with Crippen molar-refractivity contribution in [1.29, 1.82) is 0 Å². The van der Waals surface area contributed by atoms with E-state index in [1.54, 1.807) is 0 Å². The van der Waals surface area contributed by atoms with Gasteiger partial charge in [0.2, 0.25) is 0 Å². The lowest BCUT2D eigenvalue weighted by molar-refractivity contribution is 0.687. The van der Waals surface area contributed by atoms with Gasteiger partial charge in [0.15, 0.2) is 0 Å². The molecule has 0 heterocycles. The third-order valence-corrected chi connectivity index (χ3v) is 5.25. The van der Waals surface area contributed by atoms with Gasteiger partial charge in [-0.25, -0.2) is 0 Å². The maximum atomic E-state index is 3.69. The molecule has 1 saturated carbocycles. The molecule has 0 radical (unpaired) electrons. The van der Waals surface area contributed by atoms with Crippen molar-refractivity contribution in [2.45, 2.75) is 56.5 Å². The lowest BCUT2D eigenvalue weighted by Gasteiger charge is -2.08. The first-order valence-electron chi connectivity index (χ1n) is 6.94. The van der Waals surface area contributed by atoms with Gasteiger partial charge in [0, 0.05) is 22.0 Å². The molecule has 18 heavy (non-hydrogen) atoms. The largest absolute Gasteiger partial charge is 0.310 e. The summed E-state index contributed by atoms with van der Waals surface area (Å²) < 4.78 is 1.25. The van der Waals surface area contributed by atoms with E-state index in [0.29, 0.717) is 0 Å². The van der Waals surface area contributed by atoms with Crippen LogP contribution < -0.4 is 5.32 Å². The van der Waals surface area contributed by atoms with Gasteiger partial charge in [-0.2, -0.15) is 0 Å². The van der Waals surface area contributed by atoms with Crippen LogP contribution in [0.2, 0.25) is 0 Å². The quantitative estimate of drug-likeness (QED) is 0.533. The van der Waals surface area contributed by atoms with Crippen molar-refractivity contribution >= 4 is 27.7 Å². The van der Waals surface area contributed by atoms with Crippen molar-refractivity contribution in [3.05, 3.63) is 28.2 Å². The second-order valence-electron chi connectivity index (χ2n) is 4.98. The molecule has 0 bridgehead atoms. The van der Waals surface area contributed by atoms with E-state index in [-0.39, 0.29) is 0 Å². The van der Waals surface area contributed by atoms with Crippen LogP contribution in [0.1, 0.15) is 44.6 Å². The summed E-state index contributed by atoms with van der Waals surface area (Å²) in [7, 11) is 0. The molecule has 3 heteroatoms. The molecule has 0 spiro atoms. The molecule has 0 amide bonds. The number of rotatable bonds is 8. The molecule has 0 aliphatic heterocycles. The Morgan fingerprint density at radius 2 is 2.17 bits per heavy atom. The highest BCUT2D eigenvalue weighted by Crippen LogP contribution is 2.29. The summed E-state index contributed by atoms with van der Waals surface area (Å²) in [5, 5.41) is 3.55. The number of hydrogen-bond acceptors (Lipinski definition) is 2. The summed E-state index contributed by atoms with van der Waals surface area (Å²) in [6.07, 6.45) is 6.67. The van der Waals surface area contributed by atoms with Crippen LogP contribution in [-0.2, 0) is 6.54 Å². The Labute approximate surface area is 123 Å². The fourth-order valence-corrected chi connectivity index (χ4v) is 3.55. The van der Waals surface area contributed by atoms with E-state index in [2.05, 4.69) is 46.4 Å². The minimum absolute atomic E-state index is 0.784. The molecular weight excluding hydrogens is 306 g/mol. The van der Waals surface area contributed by atoms with Gasteiger partial charge < -0.3 is 5.32 Å². The average molecular weight is 328 g/mol. The second-order valence-corrected chi connectivity index (χ2v) is 6.97. The highest BCUT2D eigenvalue weighted by molar-refractivity contribution is 9.10. The van der Waals surface area contributed by atoms with Gasteiger partial charge in [-0.15, -0.1) is 11.8 Å². The number of hydrogen-bond donors (Lipinski definition) is 1. The first-order chi connectivity index (χ1) is 8.79. The van der Waals surface area contributed by atoms with Gasteiger partial charge in [-0.1, -0.05) is 25.8 Å². The average Bonchev–Trinajstić information content (AvgIpc) is 3.18. The van der Waals surface area contributed by atoms with Gasteiger partial charge >= 0.3 is 0 Å². The fourth-order valence-electron chi connectivity index (χ4n) is 1.86. The van der Waals surface area contributed by atoms with Crippen LogP contribution in [0.25, 0.3) is 0 Å². The smallest absolute Gasteiger partial charge is 0.0314 e. The Bertz CT molecular complexity index is 377. The standard InChI is InChI=1S/C15H22BrNS/c1-2-3-4-9-18-15-8-5-12(10-14(15)16)11-17-13-6-7-13/h5,8,10,13,17H,2-4,6-7,9,11H2,1H3. The predicted octanol–water partition coefficient (Wildman–Crippen LogP) is 4.98. The lowest BCUT2D eigenvalue weighted by Crippen LogP contribution is -2.15. The van der Waals surface area contributed by atoms with E-state index in [1.807, 2.05) is 11.8 Å². The van der Waals surface area contributed by atoms with E-state index < -0.39 is 0 Å². The van der Waals surface area contributed by atoms with Gasteiger partial charge in [-0.3, -0.25) is 0 Å². The van der Waals surface area contributed by atoms with Gasteiger partial charge in [-0.05, 0) is 58.6 Å². The third kappa shape index (κ3) is 4.94. The van der Waals surface area contributed by atoms with Crippen LogP contribution in [0, 0.1) is 0 Å². The minimum Gasteiger partial charge on any atom is -0.310 e. The van der Waals surface area contributed by atoms with Gasteiger partial charge in [0.25, 0.3) is 0 Å². The third-order valence-electron chi connectivity index (χ3n) is 3.17. The highest BCUT2D eigenvalue weighted by atomic mass is 79.9. The Morgan fingerprint density at radius 3 is 2.83 bits per heavy atom. The first kappa shape index (κ1) is 14.4. The first-order valence-corrected chi connectivity index (χ1v) is 8.72. The number of thioether (sulfide) groups is 1. The molecule has 1 aromatic rings. The van der Waals surface area contributed by atoms with E-state index in [1.165, 1.54) is 52.8 Å². The van der Waals surface area contributed by atoms with Crippen molar-refractivity contribution in [3.63, 3.8) is 0 Å². The molecule has 1 aliphatic rings. The summed E-state index contributed by atoms with van der Waals surface area (Å²) in [6.45, 7) is 3.26. The molecular formula is C15H22BrNS. The van der Waals surface area contributed by atoms with Crippen molar-refractivity contribution in [3.8, 4) is 0 Å². The van der Waals surface area contributed by atoms with Gasteiger partial charge in [0.05, 0.1) is 0 Å². The summed E-state index contributed by atoms with van der Waals surface area (Å²) in [5.74, 6) is 1.23. The van der Waals surface area contributed by atoms with Crippen molar-refractivity contribution in [2.24, 2.45) is 0 Å². The topological polar surface area (TPSA) is 12.0 Å². The number of halogens is 1. The minimum atomic E-state index is 0.784. The van der Waals surface area contributed by atoms with Crippen LogP contribution in [0.15, 0.2) is 27.6 Å². The monoisotopic (exact) mass is 327 g/mol. The zero-order chi connectivity index (χ0) is 12.8. The summed E-state index contributed by atoms with van der Waals surface area (Å²) in [5.41, 5.74) is 1.38. The number of unbranched alkanes of at least 4 members (excludes halogenated alkanes) is 2. The molecule has 0 unspecified atom stereocenters. The lowest BCUT2D eigenvalue weighted by atomic mass is 10.2. The van der Waals surface area contributed by atoms with Crippen LogP contribution in [0.4, 0.5) is 0 Å². The Balaban J connectivity index is 1.79. The Hall–Kier alpha value is 0.01000. The molecule has 1 N–H and O–H groups in total. The SMILES string of the molecule is CCCCCSc1ccc(CNC2CC2)cc1Br. The van der Waals surface area contributed by atoms with Crippen molar-refractivity contribution in [2.75, 3.05) is 5.75 Å². The molecule has 1 aliphatic carbocycles. The summed E-state index contributed by atoms with van der Waals surface area (Å²) in [4.78, 5) is 1.38.